The zero-order chi connectivity index (χ0) is 17.3. The SMILES string of the molecule is Cc1nn(CC(C)C)c(C)c1CC(=O)N1CC[C@@H]2CNC[C@@H]2CC1.Cl. The van der Waals surface area contributed by atoms with Crippen molar-refractivity contribution in [2.45, 2.75) is 53.5 Å². The number of fused-ring (bicyclic) bond motifs is 1. The molecule has 0 saturated carbocycles. The molecule has 2 saturated heterocycles. The highest BCUT2D eigenvalue weighted by molar-refractivity contribution is 5.85. The summed E-state index contributed by atoms with van der Waals surface area (Å²) in [6, 6.07) is 0. The van der Waals surface area contributed by atoms with Crippen molar-refractivity contribution < 1.29 is 4.79 Å². The summed E-state index contributed by atoms with van der Waals surface area (Å²) in [5.74, 6) is 2.36. The first-order chi connectivity index (χ1) is 11.5. The predicted molar refractivity (Wildman–Crippen MR) is 103 cm³/mol. The molecular formula is C19H33ClN4O. The molecule has 3 rings (SSSR count). The number of aryl methyl sites for hydroxylation is 1. The van der Waals surface area contributed by atoms with Crippen LogP contribution in [0.4, 0.5) is 0 Å². The van der Waals surface area contributed by atoms with Crippen LogP contribution in [-0.2, 0) is 17.8 Å². The van der Waals surface area contributed by atoms with Crippen molar-refractivity contribution in [1.82, 2.24) is 20.0 Å². The van der Waals surface area contributed by atoms with Gasteiger partial charge in [0.25, 0.3) is 0 Å². The van der Waals surface area contributed by atoms with Crippen LogP contribution in [0.15, 0.2) is 0 Å². The van der Waals surface area contributed by atoms with Gasteiger partial charge in [0.1, 0.15) is 0 Å². The number of hydrogen-bond donors (Lipinski definition) is 1. The topological polar surface area (TPSA) is 50.2 Å². The van der Waals surface area contributed by atoms with Gasteiger partial charge in [0.2, 0.25) is 5.91 Å². The smallest absolute Gasteiger partial charge is 0.227 e. The summed E-state index contributed by atoms with van der Waals surface area (Å²) in [4.78, 5) is 14.9. The number of nitrogens with one attached hydrogen (secondary N) is 1. The van der Waals surface area contributed by atoms with Crippen LogP contribution in [0.2, 0.25) is 0 Å². The highest BCUT2D eigenvalue weighted by Crippen LogP contribution is 2.27. The maximum atomic E-state index is 12.8. The molecule has 25 heavy (non-hydrogen) atoms. The van der Waals surface area contributed by atoms with E-state index >= 15 is 0 Å². The van der Waals surface area contributed by atoms with Crippen LogP contribution < -0.4 is 5.32 Å². The quantitative estimate of drug-likeness (QED) is 0.888. The summed E-state index contributed by atoms with van der Waals surface area (Å²) in [7, 11) is 0. The Morgan fingerprint density at radius 3 is 2.36 bits per heavy atom. The fraction of sp³-hybridized carbons (Fsp3) is 0.789. The van der Waals surface area contributed by atoms with E-state index in [4.69, 9.17) is 0 Å². The maximum absolute atomic E-state index is 12.8. The molecule has 2 aliphatic heterocycles. The molecule has 0 radical (unpaired) electrons. The first-order valence-electron chi connectivity index (χ1n) is 9.47. The molecule has 1 aromatic rings. The van der Waals surface area contributed by atoms with E-state index in [9.17, 15) is 4.79 Å². The van der Waals surface area contributed by atoms with Gasteiger partial charge >= 0.3 is 0 Å². The van der Waals surface area contributed by atoms with Crippen LogP contribution >= 0.6 is 12.4 Å². The van der Waals surface area contributed by atoms with E-state index in [0.717, 1.165) is 74.4 Å². The minimum absolute atomic E-state index is 0. The molecule has 6 heteroatoms. The average Bonchev–Trinajstić information content (AvgIpc) is 3.00. The van der Waals surface area contributed by atoms with E-state index in [0.29, 0.717) is 12.3 Å². The summed E-state index contributed by atoms with van der Waals surface area (Å²) >= 11 is 0. The zero-order valence-electron chi connectivity index (χ0n) is 16.0. The number of aromatic nitrogens is 2. The maximum Gasteiger partial charge on any atom is 0.227 e. The molecule has 2 aliphatic rings. The Morgan fingerprint density at radius 1 is 1.20 bits per heavy atom. The van der Waals surface area contributed by atoms with E-state index in [1.165, 1.54) is 0 Å². The third kappa shape index (κ3) is 4.56. The summed E-state index contributed by atoms with van der Waals surface area (Å²) in [6.45, 7) is 13.5. The molecule has 2 fully saturated rings. The second-order valence-corrected chi connectivity index (χ2v) is 8.04. The van der Waals surface area contributed by atoms with Gasteiger partial charge in [-0.1, -0.05) is 13.8 Å². The molecule has 5 nitrogen and oxygen atoms in total. The molecule has 0 spiro atoms. The van der Waals surface area contributed by atoms with Crippen LogP contribution in [0.25, 0.3) is 0 Å². The van der Waals surface area contributed by atoms with E-state index in [-0.39, 0.29) is 18.3 Å². The third-order valence-corrected chi connectivity index (χ3v) is 5.77. The molecule has 1 N–H and O–H groups in total. The van der Waals surface area contributed by atoms with Crippen molar-refractivity contribution in [3.63, 3.8) is 0 Å². The fourth-order valence-electron chi connectivity index (χ4n) is 4.24. The number of amides is 1. The first kappa shape index (κ1) is 20.2. The standard InChI is InChI=1S/C19H32N4O.ClH/c1-13(2)12-23-15(4)18(14(3)21-23)9-19(24)22-7-5-16-10-20-11-17(16)6-8-22;/h13,16-17,20H,5-12H2,1-4H3;1H/t16-,17+;. The van der Waals surface area contributed by atoms with E-state index < -0.39 is 0 Å². The number of rotatable bonds is 4. The lowest BCUT2D eigenvalue weighted by atomic mass is 9.92. The Labute approximate surface area is 157 Å². The second-order valence-electron chi connectivity index (χ2n) is 8.04. The van der Waals surface area contributed by atoms with Gasteiger partial charge < -0.3 is 10.2 Å². The van der Waals surface area contributed by atoms with Crippen molar-refractivity contribution in [1.29, 1.82) is 0 Å². The van der Waals surface area contributed by atoms with Gasteiger partial charge in [-0.3, -0.25) is 9.48 Å². The van der Waals surface area contributed by atoms with Gasteiger partial charge in [0.05, 0.1) is 12.1 Å². The second kappa shape index (κ2) is 8.54. The lowest BCUT2D eigenvalue weighted by molar-refractivity contribution is -0.130. The van der Waals surface area contributed by atoms with Crippen LogP contribution in [0.3, 0.4) is 0 Å². The van der Waals surface area contributed by atoms with E-state index in [1.807, 2.05) is 6.92 Å². The Balaban J connectivity index is 0.00000225. The molecular weight excluding hydrogens is 336 g/mol. The number of carbonyl (C=O) groups excluding carboxylic acids is 1. The average molecular weight is 369 g/mol. The summed E-state index contributed by atoms with van der Waals surface area (Å²) in [5, 5.41) is 8.15. The van der Waals surface area contributed by atoms with Crippen LogP contribution in [0.1, 0.15) is 43.6 Å². The van der Waals surface area contributed by atoms with Crippen molar-refractivity contribution in [3.8, 4) is 0 Å². The molecule has 1 amide bonds. The zero-order valence-corrected chi connectivity index (χ0v) is 16.9. The van der Waals surface area contributed by atoms with Gasteiger partial charge in [-0.15, -0.1) is 12.4 Å². The number of likely N-dealkylation sites (tertiary alicyclic amines) is 1. The summed E-state index contributed by atoms with van der Waals surface area (Å²) in [6.07, 6.45) is 2.80. The van der Waals surface area contributed by atoms with Crippen molar-refractivity contribution in [2.75, 3.05) is 26.2 Å². The first-order valence-corrected chi connectivity index (χ1v) is 9.47. The Kier molecular flexibility index (Phi) is 6.92. The monoisotopic (exact) mass is 368 g/mol. The molecule has 2 atom stereocenters. The van der Waals surface area contributed by atoms with Gasteiger partial charge in [0.15, 0.2) is 0 Å². The van der Waals surface area contributed by atoms with Crippen molar-refractivity contribution in [2.24, 2.45) is 17.8 Å². The van der Waals surface area contributed by atoms with Crippen LogP contribution in [-0.4, -0.2) is 46.8 Å². The minimum Gasteiger partial charge on any atom is -0.342 e. The number of hydrogen-bond acceptors (Lipinski definition) is 3. The Hall–Kier alpha value is -1.07. The summed E-state index contributed by atoms with van der Waals surface area (Å²) < 4.78 is 2.07. The lowest BCUT2D eigenvalue weighted by Crippen LogP contribution is -2.34. The Bertz CT molecular complexity index is 584. The molecule has 0 aromatic carbocycles. The third-order valence-electron chi connectivity index (χ3n) is 5.77. The lowest BCUT2D eigenvalue weighted by Gasteiger charge is -2.21. The van der Waals surface area contributed by atoms with E-state index in [1.54, 1.807) is 0 Å². The Morgan fingerprint density at radius 2 is 1.80 bits per heavy atom. The highest BCUT2D eigenvalue weighted by Gasteiger charge is 2.31. The largest absolute Gasteiger partial charge is 0.342 e. The van der Waals surface area contributed by atoms with Gasteiger partial charge in [-0.25, -0.2) is 0 Å². The van der Waals surface area contributed by atoms with Crippen molar-refractivity contribution in [3.05, 3.63) is 17.0 Å². The number of halogens is 1. The molecule has 3 heterocycles. The summed E-state index contributed by atoms with van der Waals surface area (Å²) in [5.41, 5.74) is 3.30. The fourth-order valence-corrected chi connectivity index (χ4v) is 4.24. The van der Waals surface area contributed by atoms with Gasteiger partial charge in [-0.05, 0) is 57.5 Å². The normalized spacial score (nSPS) is 23.3. The molecule has 1 aromatic heterocycles. The molecule has 0 aliphatic carbocycles. The molecule has 0 bridgehead atoms. The van der Waals surface area contributed by atoms with Crippen LogP contribution in [0, 0.1) is 31.6 Å². The molecule has 0 unspecified atom stereocenters. The van der Waals surface area contributed by atoms with Crippen molar-refractivity contribution >= 4 is 18.3 Å². The van der Waals surface area contributed by atoms with Gasteiger partial charge in [-0.2, -0.15) is 5.10 Å². The van der Waals surface area contributed by atoms with Crippen LogP contribution in [0.5, 0.6) is 0 Å². The van der Waals surface area contributed by atoms with E-state index in [2.05, 4.69) is 40.8 Å². The number of nitrogens with zero attached hydrogens (tertiary/aromatic N) is 3. The minimum atomic E-state index is 0. The number of carbonyl (C=O) groups is 1. The highest BCUT2D eigenvalue weighted by atomic mass is 35.5. The molecule has 142 valence electrons. The predicted octanol–water partition coefficient (Wildman–Crippen LogP) is 2.58. The van der Waals surface area contributed by atoms with Gasteiger partial charge in [0, 0.05) is 30.9 Å².